The van der Waals surface area contributed by atoms with E-state index in [1.807, 2.05) is 0 Å². The first-order chi connectivity index (χ1) is 8.52. The number of rotatable bonds is 5. The van der Waals surface area contributed by atoms with E-state index >= 15 is 0 Å². The Hall–Kier alpha value is -1.26. The fraction of sp³-hybridized carbons (Fsp3) is 0.846. The van der Waals surface area contributed by atoms with Crippen molar-refractivity contribution in [1.29, 1.82) is 0 Å². The first-order valence-electron chi connectivity index (χ1n) is 6.73. The average molecular weight is 256 g/mol. The number of amides is 2. The SMILES string of the molecule is CCC1CCC(CNC(=O)N(C)CC(=O)O)CC1. The number of carbonyl (C=O) groups excluding carboxylic acids is 1. The first kappa shape index (κ1) is 14.8. The van der Waals surface area contributed by atoms with Gasteiger partial charge in [0.2, 0.25) is 0 Å². The van der Waals surface area contributed by atoms with Crippen LogP contribution in [-0.4, -0.2) is 42.1 Å². The highest BCUT2D eigenvalue weighted by Gasteiger charge is 2.21. The van der Waals surface area contributed by atoms with E-state index < -0.39 is 5.97 Å². The lowest BCUT2D eigenvalue weighted by molar-refractivity contribution is -0.137. The predicted octanol–water partition coefficient (Wildman–Crippen LogP) is 1.93. The van der Waals surface area contributed by atoms with Crippen LogP contribution >= 0.6 is 0 Å². The van der Waals surface area contributed by atoms with Crippen molar-refractivity contribution in [3.05, 3.63) is 0 Å². The van der Waals surface area contributed by atoms with Crippen LogP contribution in [0.25, 0.3) is 0 Å². The molecule has 0 heterocycles. The molecule has 0 spiro atoms. The van der Waals surface area contributed by atoms with E-state index in [2.05, 4.69) is 12.2 Å². The number of carbonyl (C=O) groups is 2. The lowest BCUT2D eigenvalue weighted by atomic mass is 9.81. The molecule has 5 nitrogen and oxygen atoms in total. The van der Waals surface area contributed by atoms with Gasteiger partial charge in [-0.1, -0.05) is 26.2 Å². The van der Waals surface area contributed by atoms with Crippen LogP contribution in [0.3, 0.4) is 0 Å². The number of hydrogen-bond acceptors (Lipinski definition) is 2. The molecule has 0 unspecified atom stereocenters. The standard InChI is InChI=1S/C13H24N2O3/c1-3-10-4-6-11(7-5-10)8-14-13(18)15(2)9-12(16)17/h10-11H,3-9H2,1-2H3,(H,14,18)(H,16,17). The van der Waals surface area contributed by atoms with Crippen LogP contribution in [0.5, 0.6) is 0 Å². The average Bonchev–Trinajstić information content (AvgIpc) is 2.35. The van der Waals surface area contributed by atoms with Gasteiger partial charge in [0.1, 0.15) is 6.54 Å². The molecule has 5 heteroatoms. The quantitative estimate of drug-likeness (QED) is 0.789. The fourth-order valence-corrected chi connectivity index (χ4v) is 2.49. The Morgan fingerprint density at radius 2 is 1.78 bits per heavy atom. The highest BCUT2D eigenvalue weighted by atomic mass is 16.4. The van der Waals surface area contributed by atoms with E-state index in [1.165, 1.54) is 44.1 Å². The summed E-state index contributed by atoms with van der Waals surface area (Å²) in [6.07, 6.45) is 6.09. The van der Waals surface area contributed by atoms with E-state index in [-0.39, 0.29) is 12.6 Å². The Bertz CT molecular complexity index is 286. The van der Waals surface area contributed by atoms with Gasteiger partial charge in [0.15, 0.2) is 0 Å². The number of urea groups is 1. The second kappa shape index (κ2) is 7.24. The zero-order valence-corrected chi connectivity index (χ0v) is 11.3. The summed E-state index contributed by atoms with van der Waals surface area (Å²) in [5, 5.41) is 11.4. The van der Waals surface area contributed by atoms with Crippen molar-refractivity contribution < 1.29 is 14.7 Å². The van der Waals surface area contributed by atoms with E-state index in [0.29, 0.717) is 12.5 Å². The number of likely N-dealkylation sites (N-methyl/N-ethyl adjacent to an activating group) is 1. The van der Waals surface area contributed by atoms with Gasteiger partial charge in [-0.05, 0) is 24.7 Å². The first-order valence-corrected chi connectivity index (χ1v) is 6.73. The second-order valence-corrected chi connectivity index (χ2v) is 5.23. The second-order valence-electron chi connectivity index (χ2n) is 5.23. The Labute approximate surface area is 109 Å². The zero-order valence-electron chi connectivity index (χ0n) is 11.3. The van der Waals surface area contributed by atoms with Gasteiger partial charge in [0.25, 0.3) is 0 Å². The molecule has 0 aromatic heterocycles. The molecule has 0 aliphatic heterocycles. The number of nitrogens with zero attached hydrogens (tertiary/aromatic N) is 1. The van der Waals surface area contributed by atoms with Crippen LogP contribution in [0.1, 0.15) is 39.0 Å². The summed E-state index contributed by atoms with van der Waals surface area (Å²) in [4.78, 5) is 23.3. The molecule has 104 valence electrons. The Kier molecular flexibility index (Phi) is 5.95. The van der Waals surface area contributed by atoms with Crippen LogP contribution in [0.15, 0.2) is 0 Å². The van der Waals surface area contributed by atoms with Crippen molar-refractivity contribution in [3.8, 4) is 0 Å². The van der Waals surface area contributed by atoms with Crippen LogP contribution in [0, 0.1) is 11.8 Å². The van der Waals surface area contributed by atoms with Gasteiger partial charge >= 0.3 is 12.0 Å². The highest BCUT2D eigenvalue weighted by Crippen LogP contribution is 2.30. The van der Waals surface area contributed by atoms with Crippen molar-refractivity contribution in [2.45, 2.75) is 39.0 Å². The monoisotopic (exact) mass is 256 g/mol. The smallest absolute Gasteiger partial charge is 0.323 e. The Morgan fingerprint density at radius 3 is 2.28 bits per heavy atom. The summed E-state index contributed by atoms with van der Waals surface area (Å²) < 4.78 is 0. The van der Waals surface area contributed by atoms with Crippen LogP contribution < -0.4 is 5.32 Å². The minimum atomic E-state index is -0.990. The van der Waals surface area contributed by atoms with Crippen molar-refractivity contribution in [2.24, 2.45) is 11.8 Å². The molecule has 0 saturated heterocycles. The van der Waals surface area contributed by atoms with Gasteiger partial charge in [-0.15, -0.1) is 0 Å². The molecule has 1 saturated carbocycles. The molecule has 1 aliphatic rings. The third kappa shape index (κ3) is 4.94. The molecule has 1 aliphatic carbocycles. The third-order valence-electron chi connectivity index (χ3n) is 3.80. The molecule has 1 rings (SSSR count). The number of carboxylic acid groups (broad SMARTS) is 1. The summed E-state index contributed by atoms with van der Waals surface area (Å²) in [5.41, 5.74) is 0. The molecule has 1 fully saturated rings. The van der Waals surface area contributed by atoms with Gasteiger partial charge in [0, 0.05) is 13.6 Å². The lowest BCUT2D eigenvalue weighted by Crippen LogP contribution is -2.42. The number of hydrogen-bond donors (Lipinski definition) is 2. The van der Waals surface area contributed by atoms with Crippen LogP contribution in [0.2, 0.25) is 0 Å². The largest absolute Gasteiger partial charge is 0.480 e. The molecule has 0 atom stereocenters. The molecule has 0 radical (unpaired) electrons. The van der Waals surface area contributed by atoms with Crippen molar-refractivity contribution >= 4 is 12.0 Å². The van der Waals surface area contributed by atoms with Crippen molar-refractivity contribution in [1.82, 2.24) is 10.2 Å². The summed E-state index contributed by atoms with van der Waals surface area (Å²) in [6, 6.07) is -0.296. The van der Waals surface area contributed by atoms with Gasteiger partial charge in [-0.2, -0.15) is 0 Å². The summed E-state index contributed by atoms with van der Waals surface area (Å²) >= 11 is 0. The predicted molar refractivity (Wildman–Crippen MR) is 69.4 cm³/mol. The van der Waals surface area contributed by atoms with Crippen LogP contribution in [0.4, 0.5) is 4.79 Å². The topological polar surface area (TPSA) is 69.6 Å². The summed E-state index contributed by atoms with van der Waals surface area (Å²) in [6.45, 7) is 2.64. The Morgan fingerprint density at radius 1 is 1.22 bits per heavy atom. The fourth-order valence-electron chi connectivity index (χ4n) is 2.49. The number of aliphatic carboxylic acids is 1. The lowest BCUT2D eigenvalue weighted by Gasteiger charge is -2.28. The van der Waals surface area contributed by atoms with Gasteiger partial charge in [0.05, 0.1) is 0 Å². The van der Waals surface area contributed by atoms with Crippen molar-refractivity contribution in [3.63, 3.8) is 0 Å². The zero-order chi connectivity index (χ0) is 13.5. The normalized spacial score (nSPS) is 23.4. The van der Waals surface area contributed by atoms with Gasteiger partial charge in [-0.25, -0.2) is 4.79 Å². The third-order valence-corrected chi connectivity index (χ3v) is 3.80. The molecular formula is C13H24N2O3. The minimum absolute atomic E-state index is 0.256. The molecule has 0 aromatic carbocycles. The molecule has 0 bridgehead atoms. The van der Waals surface area contributed by atoms with E-state index in [4.69, 9.17) is 5.11 Å². The number of carboxylic acids is 1. The number of nitrogens with one attached hydrogen (secondary N) is 1. The molecule has 18 heavy (non-hydrogen) atoms. The molecular weight excluding hydrogens is 232 g/mol. The minimum Gasteiger partial charge on any atom is -0.480 e. The molecule has 2 N–H and O–H groups in total. The summed E-state index contributed by atoms with van der Waals surface area (Å²) in [5.74, 6) is 0.415. The maximum absolute atomic E-state index is 11.6. The van der Waals surface area contributed by atoms with Crippen LogP contribution in [-0.2, 0) is 4.79 Å². The maximum Gasteiger partial charge on any atom is 0.323 e. The van der Waals surface area contributed by atoms with Gasteiger partial charge < -0.3 is 15.3 Å². The molecule has 0 aromatic rings. The van der Waals surface area contributed by atoms with E-state index in [9.17, 15) is 9.59 Å². The summed E-state index contributed by atoms with van der Waals surface area (Å²) in [7, 11) is 1.50. The highest BCUT2D eigenvalue weighted by molar-refractivity contribution is 5.79. The van der Waals surface area contributed by atoms with Crippen molar-refractivity contribution in [2.75, 3.05) is 20.1 Å². The molecule has 2 amide bonds. The van der Waals surface area contributed by atoms with E-state index in [0.717, 1.165) is 5.92 Å². The Balaban J connectivity index is 2.21. The maximum atomic E-state index is 11.6. The van der Waals surface area contributed by atoms with E-state index in [1.54, 1.807) is 0 Å². The van der Waals surface area contributed by atoms with Gasteiger partial charge in [-0.3, -0.25) is 4.79 Å².